The van der Waals surface area contributed by atoms with Gasteiger partial charge < -0.3 is 5.32 Å². The summed E-state index contributed by atoms with van der Waals surface area (Å²) in [6.07, 6.45) is 5.28. The summed E-state index contributed by atoms with van der Waals surface area (Å²) in [5.41, 5.74) is 2.02. The summed E-state index contributed by atoms with van der Waals surface area (Å²) in [6, 6.07) is 2.23. The third-order valence-electron chi connectivity index (χ3n) is 2.86. The van der Waals surface area contributed by atoms with Crippen LogP contribution in [-0.2, 0) is 6.42 Å². The van der Waals surface area contributed by atoms with Crippen LogP contribution in [0.3, 0.4) is 0 Å². The minimum absolute atomic E-state index is 0.516. The van der Waals surface area contributed by atoms with Crippen LogP contribution >= 0.6 is 11.3 Å². The van der Waals surface area contributed by atoms with Gasteiger partial charge in [-0.25, -0.2) is 0 Å². The summed E-state index contributed by atoms with van der Waals surface area (Å²) >= 11 is 1.80. The van der Waals surface area contributed by atoms with Crippen LogP contribution in [0.15, 0.2) is 16.8 Å². The van der Waals surface area contributed by atoms with Gasteiger partial charge in [0.2, 0.25) is 0 Å². The van der Waals surface area contributed by atoms with Gasteiger partial charge in [0.25, 0.3) is 0 Å². The second-order valence-corrected chi connectivity index (χ2v) is 4.44. The number of aryl methyl sites for hydroxylation is 1. The Balaban J connectivity index is 1.83. The van der Waals surface area contributed by atoms with Gasteiger partial charge in [0.05, 0.1) is 0 Å². The van der Waals surface area contributed by atoms with Gasteiger partial charge in [0.15, 0.2) is 0 Å². The van der Waals surface area contributed by atoms with Crippen LogP contribution in [0.25, 0.3) is 0 Å². The van der Waals surface area contributed by atoms with Crippen LogP contribution in [0.2, 0.25) is 0 Å². The molecule has 2 heteroatoms. The van der Waals surface area contributed by atoms with Crippen molar-refractivity contribution >= 4 is 11.3 Å². The highest BCUT2D eigenvalue weighted by atomic mass is 32.1. The van der Waals surface area contributed by atoms with Gasteiger partial charge in [-0.2, -0.15) is 11.3 Å². The molecule has 0 saturated heterocycles. The Morgan fingerprint density at radius 1 is 1.58 bits per heavy atom. The Morgan fingerprint density at radius 3 is 2.92 bits per heavy atom. The molecule has 0 amide bonds. The molecule has 0 bridgehead atoms. The zero-order valence-electron chi connectivity index (χ0n) is 7.47. The fraction of sp³-hybridized carbons (Fsp3) is 0.600. The van der Waals surface area contributed by atoms with E-state index in [1.54, 1.807) is 11.3 Å². The topological polar surface area (TPSA) is 12.0 Å². The summed E-state index contributed by atoms with van der Waals surface area (Å²) in [4.78, 5) is 0. The van der Waals surface area contributed by atoms with Crippen LogP contribution in [0, 0.1) is 0 Å². The van der Waals surface area contributed by atoms with Gasteiger partial charge in [-0.1, -0.05) is 0 Å². The van der Waals surface area contributed by atoms with Gasteiger partial charge in [-0.3, -0.25) is 0 Å². The summed E-state index contributed by atoms with van der Waals surface area (Å²) in [5.74, 6) is 0. The van der Waals surface area contributed by atoms with Gasteiger partial charge in [-0.15, -0.1) is 0 Å². The molecule has 1 N–H and O–H groups in total. The molecule has 1 aliphatic carbocycles. The fourth-order valence-electron chi connectivity index (χ4n) is 1.59. The lowest BCUT2D eigenvalue weighted by Crippen LogP contribution is -2.27. The quantitative estimate of drug-likeness (QED) is 0.752. The van der Waals surface area contributed by atoms with E-state index in [9.17, 15) is 0 Å². The van der Waals surface area contributed by atoms with Crippen molar-refractivity contribution in [3.05, 3.63) is 22.4 Å². The molecule has 1 fully saturated rings. The van der Waals surface area contributed by atoms with Crippen molar-refractivity contribution in [2.24, 2.45) is 0 Å². The molecule has 2 rings (SSSR count). The summed E-state index contributed by atoms with van der Waals surface area (Å²) in [7, 11) is 2.08. The van der Waals surface area contributed by atoms with Crippen molar-refractivity contribution in [1.82, 2.24) is 5.32 Å². The number of hydrogen-bond donors (Lipinski definition) is 1. The first kappa shape index (κ1) is 8.27. The lowest BCUT2D eigenvalue weighted by molar-refractivity contribution is 0.510. The Kier molecular flexibility index (Phi) is 2.20. The molecule has 0 aromatic carbocycles. The molecule has 12 heavy (non-hydrogen) atoms. The summed E-state index contributed by atoms with van der Waals surface area (Å²) in [6.45, 7) is 0. The minimum atomic E-state index is 0.516. The number of hydrogen-bond acceptors (Lipinski definition) is 2. The molecular formula is C10H15NS. The zero-order chi connectivity index (χ0) is 8.44. The van der Waals surface area contributed by atoms with E-state index in [-0.39, 0.29) is 0 Å². The van der Waals surface area contributed by atoms with Crippen LogP contribution in [-0.4, -0.2) is 12.6 Å². The maximum atomic E-state index is 3.42. The number of nitrogens with one attached hydrogen (secondary N) is 1. The molecule has 0 radical (unpaired) electrons. The molecule has 0 aliphatic heterocycles. The van der Waals surface area contributed by atoms with E-state index in [1.807, 2.05) is 0 Å². The molecule has 0 spiro atoms. The van der Waals surface area contributed by atoms with Crippen molar-refractivity contribution < 1.29 is 0 Å². The highest BCUT2D eigenvalue weighted by Gasteiger charge is 2.39. The molecule has 0 unspecified atom stereocenters. The first-order valence-corrected chi connectivity index (χ1v) is 5.49. The monoisotopic (exact) mass is 181 g/mol. The first-order chi connectivity index (χ1) is 5.85. The van der Waals surface area contributed by atoms with E-state index in [2.05, 4.69) is 29.2 Å². The van der Waals surface area contributed by atoms with Crippen molar-refractivity contribution in [3.63, 3.8) is 0 Å². The highest BCUT2D eigenvalue weighted by Crippen LogP contribution is 2.39. The molecule has 1 aliphatic rings. The van der Waals surface area contributed by atoms with E-state index in [4.69, 9.17) is 0 Å². The number of rotatable bonds is 4. The molecule has 1 aromatic heterocycles. The Morgan fingerprint density at radius 2 is 2.42 bits per heavy atom. The Labute approximate surface area is 77.8 Å². The lowest BCUT2D eigenvalue weighted by Gasteiger charge is -2.12. The van der Waals surface area contributed by atoms with Crippen molar-refractivity contribution in [2.75, 3.05) is 7.05 Å². The van der Waals surface area contributed by atoms with Crippen LogP contribution in [0.1, 0.15) is 24.8 Å². The highest BCUT2D eigenvalue weighted by molar-refractivity contribution is 7.07. The maximum Gasteiger partial charge on any atom is 0.0183 e. The Bertz CT molecular complexity index is 236. The van der Waals surface area contributed by atoms with Crippen molar-refractivity contribution in [3.8, 4) is 0 Å². The third kappa shape index (κ3) is 1.70. The van der Waals surface area contributed by atoms with Crippen molar-refractivity contribution in [2.45, 2.75) is 31.2 Å². The van der Waals surface area contributed by atoms with Crippen LogP contribution in [0.4, 0.5) is 0 Å². The molecule has 1 saturated carbocycles. The molecular weight excluding hydrogens is 166 g/mol. The largest absolute Gasteiger partial charge is 0.314 e. The fourth-order valence-corrected chi connectivity index (χ4v) is 2.30. The summed E-state index contributed by atoms with van der Waals surface area (Å²) < 4.78 is 0. The molecule has 0 atom stereocenters. The average Bonchev–Trinajstić information content (AvgIpc) is 2.70. The lowest BCUT2D eigenvalue weighted by atomic mass is 10.1. The van der Waals surface area contributed by atoms with Gasteiger partial charge in [0.1, 0.15) is 0 Å². The predicted octanol–water partition coefficient (Wildman–Crippen LogP) is 2.43. The SMILES string of the molecule is CNC1(CCc2ccsc2)CC1. The molecule has 1 aromatic rings. The number of thiophene rings is 1. The second kappa shape index (κ2) is 3.19. The minimum Gasteiger partial charge on any atom is -0.314 e. The molecule has 1 heterocycles. The maximum absolute atomic E-state index is 3.42. The molecule has 66 valence electrons. The van der Waals surface area contributed by atoms with E-state index < -0.39 is 0 Å². The van der Waals surface area contributed by atoms with E-state index >= 15 is 0 Å². The second-order valence-electron chi connectivity index (χ2n) is 3.66. The van der Waals surface area contributed by atoms with E-state index in [1.165, 1.54) is 31.2 Å². The third-order valence-corrected chi connectivity index (χ3v) is 3.59. The Hall–Kier alpha value is -0.340. The van der Waals surface area contributed by atoms with Crippen LogP contribution < -0.4 is 5.32 Å². The van der Waals surface area contributed by atoms with E-state index in [0.29, 0.717) is 5.54 Å². The van der Waals surface area contributed by atoms with Crippen LogP contribution in [0.5, 0.6) is 0 Å². The average molecular weight is 181 g/mol. The van der Waals surface area contributed by atoms with Gasteiger partial charge in [0, 0.05) is 5.54 Å². The zero-order valence-corrected chi connectivity index (χ0v) is 8.29. The predicted molar refractivity (Wildman–Crippen MR) is 53.7 cm³/mol. The normalized spacial score (nSPS) is 19.4. The molecule has 1 nitrogen and oxygen atoms in total. The van der Waals surface area contributed by atoms with E-state index in [0.717, 1.165) is 0 Å². The van der Waals surface area contributed by atoms with Gasteiger partial charge in [-0.05, 0) is 55.1 Å². The smallest absolute Gasteiger partial charge is 0.0183 e. The van der Waals surface area contributed by atoms with Gasteiger partial charge >= 0.3 is 0 Å². The van der Waals surface area contributed by atoms with Crippen molar-refractivity contribution in [1.29, 1.82) is 0 Å². The standard InChI is InChI=1S/C10H15NS/c1-11-10(5-6-10)4-2-9-3-7-12-8-9/h3,7-8,11H,2,4-6H2,1H3. The summed E-state index contributed by atoms with van der Waals surface area (Å²) in [5, 5.41) is 7.83. The first-order valence-electron chi connectivity index (χ1n) is 4.55.